The number of nitrogens with zero attached hydrogens (tertiary/aromatic N) is 1. The Morgan fingerprint density at radius 2 is 2.00 bits per heavy atom. The summed E-state index contributed by atoms with van der Waals surface area (Å²) in [7, 11) is 0. The fourth-order valence-electron chi connectivity index (χ4n) is 1.57. The van der Waals surface area contributed by atoms with E-state index in [1.54, 1.807) is 18.4 Å². The van der Waals surface area contributed by atoms with Gasteiger partial charge < -0.3 is 10.2 Å². The van der Waals surface area contributed by atoms with Gasteiger partial charge in [-0.15, -0.1) is 0 Å². The Hall–Kier alpha value is -1.33. The summed E-state index contributed by atoms with van der Waals surface area (Å²) in [6.45, 7) is 3.87. The van der Waals surface area contributed by atoms with E-state index in [1.807, 2.05) is 13.8 Å². The molecular weight excluding hydrogens is 251 g/mol. The highest BCUT2D eigenvalue weighted by Gasteiger charge is 2.18. The molecular formula is C13H15FN2OS. The molecule has 2 unspecified atom stereocenters. The van der Waals surface area contributed by atoms with Gasteiger partial charge in [0, 0.05) is 11.3 Å². The Balaban J connectivity index is 2.04. The number of hydrogen-bond donors (Lipinski definition) is 1. The van der Waals surface area contributed by atoms with E-state index in [0.29, 0.717) is 5.22 Å². The molecule has 0 aliphatic heterocycles. The lowest BCUT2D eigenvalue weighted by atomic mass is 10.1. The molecule has 3 nitrogen and oxygen atoms in total. The molecule has 0 amide bonds. The summed E-state index contributed by atoms with van der Waals surface area (Å²) in [5.41, 5.74) is 7.88. The molecule has 0 radical (unpaired) electrons. The number of thioether (sulfide) groups is 1. The highest BCUT2D eigenvalue weighted by molar-refractivity contribution is 7.99. The first kappa shape index (κ1) is 13.1. The van der Waals surface area contributed by atoms with E-state index in [4.69, 9.17) is 10.2 Å². The van der Waals surface area contributed by atoms with Gasteiger partial charge in [-0.25, -0.2) is 9.37 Å². The quantitative estimate of drug-likeness (QED) is 0.863. The molecule has 2 aromatic rings. The molecule has 0 saturated heterocycles. The van der Waals surface area contributed by atoms with Crippen molar-refractivity contribution in [3.63, 3.8) is 0 Å². The molecule has 96 valence electrons. The van der Waals surface area contributed by atoms with Gasteiger partial charge in [0.2, 0.25) is 0 Å². The fraction of sp³-hybridized carbons (Fsp3) is 0.308. The van der Waals surface area contributed by atoms with Crippen LogP contribution in [0.2, 0.25) is 0 Å². The monoisotopic (exact) mass is 266 g/mol. The fourth-order valence-corrected chi connectivity index (χ4v) is 2.50. The molecule has 0 aliphatic carbocycles. The Morgan fingerprint density at radius 1 is 1.33 bits per heavy atom. The number of oxazole rings is 1. The lowest BCUT2D eigenvalue weighted by molar-refractivity contribution is 0.452. The van der Waals surface area contributed by atoms with E-state index in [9.17, 15) is 4.39 Å². The Labute approximate surface area is 110 Å². The van der Waals surface area contributed by atoms with Gasteiger partial charge in [-0.1, -0.05) is 30.8 Å². The first-order valence-corrected chi connectivity index (χ1v) is 6.54. The third-order valence-corrected chi connectivity index (χ3v) is 3.70. The van der Waals surface area contributed by atoms with Crippen LogP contribution in [-0.2, 0) is 0 Å². The van der Waals surface area contributed by atoms with Crippen LogP contribution in [0.3, 0.4) is 0 Å². The standard InChI is InChI=1S/C13H15FN2OS/c1-8-7-17-13(16-8)18-9(2)12(15)10-3-5-11(14)6-4-10/h3-7,9,12H,15H2,1-2H3. The van der Waals surface area contributed by atoms with Crippen LogP contribution in [0.5, 0.6) is 0 Å². The molecule has 5 heteroatoms. The van der Waals surface area contributed by atoms with E-state index in [2.05, 4.69) is 4.98 Å². The second kappa shape index (κ2) is 5.54. The smallest absolute Gasteiger partial charge is 0.256 e. The molecule has 0 bridgehead atoms. The third kappa shape index (κ3) is 3.11. The number of hydrogen-bond acceptors (Lipinski definition) is 4. The summed E-state index contributed by atoms with van der Waals surface area (Å²) in [6, 6.07) is 6.06. The molecule has 1 heterocycles. The maximum absolute atomic E-state index is 12.8. The van der Waals surface area contributed by atoms with Crippen LogP contribution in [0, 0.1) is 12.7 Å². The van der Waals surface area contributed by atoms with Gasteiger partial charge in [0.1, 0.15) is 12.1 Å². The van der Waals surface area contributed by atoms with Gasteiger partial charge in [-0.2, -0.15) is 0 Å². The largest absolute Gasteiger partial charge is 0.440 e. The second-order valence-electron chi connectivity index (χ2n) is 4.16. The number of aryl methyl sites for hydroxylation is 1. The van der Waals surface area contributed by atoms with Gasteiger partial charge in [-0.3, -0.25) is 0 Å². The van der Waals surface area contributed by atoms with Gasteiger partial charge in [0.15, 0.2) is 0 Å². The van der Waals surface area contributed by atoms with E-state index >= 15 is 0 Å². The van der Waals surface area contributed by atoms with E-state index in [-0.39, 0.29) is 17.1 Å². The Morgan fingerprint density at radius 3 is 2.56 bits per heavy atom. The highest BCUT2D eigenvalue weighted by atomic mass is 32.2. The zero-order valence-corrected chi connectivity index (χ0v) is 11.1. The number of rotatable bonds is 4. The molecule has 0 saturated carbocycles. The minimum Gasteiger partial charge on any atom is -0.440 e. The zero-order valence-electron chi connectivity index (χ0n) is 10.3. The van der Waals surface area contributed by atoms with Crippen LogP contribution >= 0.6 is 11.8 Å². The van der Waals surface area contributed by atoms with Gasteiger partial charge >= 0.3 is 0 Å². The summed E-state index contributed by atoms with van der Waals surface area (Å²) in [6.07, 6.45) is 1.61. The van der Waals surface area contributed by atoms with Crippen molar-refractivity contribution in [3.8, 4) is 0 Å². The SMILES string of the molecule is Cc1coc(SC(C)C(N)c2ccc(F)cc2)n1. The van der Waals surface area contributed by atoms with Crippen molar-refractivity contribution < 1.29 is 8.81 Å². The molecule has 0 fully saturated rings. The predicted octanol–water partition coefficient (Wildman–Crippen LogP) is 3.30. The van der Waals surface area contributed by atoms with Crippen LogP contribution in [-0.4, -0.2) is 10.2 Å². The Bertz CT molecular complexity index is 512. The van der Waals surface area contributed by atoms with Crippen molar-refractivity contribution in [2.24, 2.45) is 5.73 Å². The molecule has 1 aromatic carbocycles. The number of benzene rings is 1. The number of halogens is 1. The average Bonchev–Trinajstić information content (AvgIpc) is 2.75. The third-order valence-electron chi connectivity index (χ3n) is 2.65. The van der Waals surface area contributed by atoms with Gasteiger partial charge in [0.05, 0.1) is 5.69 Å². The first-order chi connectivity index (χ1) is 8.56. The lowest BCUT2D eigenvalue weighted by Crippen LogP contribution is -2.21. The van der Waals surface area contributed by atoms with Crippen LogP contribution in [0.4, 0.5) is 4.39 Å². The van der Waals surface area contributed by atoms with E-state index in [1.165, 1.54) is 23.9 Å². The van der Waals surface area contributed by atoms with Crippen molar-refractivity contribution in [2.75, 3.05) is 0 Å². The van der Waals surface area contributed by atoms with Crippen LogP contribution in [0.25, 0.3) is 0 Å². The molecule has 2 N–H and O–H groups in total. The van der Waals surface area contributed by atoms with Crippen LogP contribution in [0.1, 0.15) is 24.2 Å². The van der Waals surface area contributed by atoms with Gasteiger partial charge in [-0.05, 0) is 24.6 Å². The maximum atomic E-state index is 12.8. The number of aromatic nitrogens is 1. The molecule has 0 spiro atoms. The Kier molecular flexibility index (Phi) is 4.04. The van der Waals surface area contributed by atoms with Crippen molar-refractivity contribution in [3.05, 3.63) is 47.6 Å². The highest BCUT2D eigenvalue weighted by Crippen LogP contribution is 2.30. The maximum Gasteiger partial charge on any atom is 0.256 e. The topological polar surface area (TPSA) is 52.0 Å². The van der Waals surface area contributed by atoms with Gasteiger partial charge in [0.25, 0.3) is 5.22 Å². The average molecular weight is 266 g/mol. The van der Waals surface area contributed by atoms with Crippen molar-refractivity contribution in [2.45, 2.75) is 30.4 Å². The second-order valence-corrected chi connectivity index (χ2v) is 5.48. The summed E-state index contributed by atoms with van der Waals surface area (Å²) >= 11 is 1.48. The van der Waals surface area contributed by atoms with Crippen LogP contribution < -0.4 is 5.73 Å². The zero-order chi connectivity index (χ0) is 13.1. The molecule has 2 rings (SSSR count). The predicted molar refractivity (Wildman–Crippen MR) is 69.9 cm³/mol. The molecule has 18 heavy (non-hydrogen) atoms. The minimum absolute atomic E-state index is 0.0912. The first-order valence-electron chi connectivity index (χ1n) is 5.66. The lowest BCUT2D eigenvalue weighted by Gasteiger charge is -2.18. The molecule has 1 aromatic heterocycles. The summed E-state index contributed by atoms with van der Waals surface area (Å²) in [5, 5.41) is 0.700. The normalized spacial score (nSPS) is 14.4. The van der Waals surface area contributed by atoms with Crippen molar-refractivity contribution >= 4 is 11.8 Å². The van der Waals surface area contributed by atoms with E-state index < -0.39 is 0 Å². The summed E-state index contributed by atoms with van der Waals surface area (Å²) in [5.74, 6) is -0.255. The van der Waals surface area contributed by atoms with Crippen molar-refractivity contribution in [1.29, 1.82) is 0 Å². The minimum atomic E-state index is -0.255. The summed E-state index contributed by atoms with van der Waals surface area (Å²) in [4.78, 5) is 4.22. The van der Waals surface area contributed by atoms with Crippen LogP contribution in [0.15, 0.2) is 40.2 Å². The van der Waals surface area contributed by atoms with Crippen molar-refractivity contribution in [1.82, 2.24) is 4.98 Å². The van der Waals surface area contributed by atoms with E-state index in [0.717, 1.165) is 11.3 Å². The molecule has 2 atom stereocenters. The molecule has 0 aliphatic rings. The summed E-state index contributed by atoms with van der Waals surface area (Å²) < 4.78 is 18.1. The number of nitrogens with two attached hydrogens (primary N) is 1.